The van der Waals surface area contributed by atoms with E-state index in [-0.39, 0.29) is 33.6 Å². The first-order valence-electron chi connectivity index (χ1n) is 3.54. The number of hydrogen-bond donors (Lipinski definition) is 1. The molecule has 1 N–H and O–H groups in total. The van der Waals surface area contributed by atoms with E-state index < -0.39 is 0 Å². The van der Waals surface area contributed by atoms with Crippen molar-refractivity contribution in [2.75, 3.05) is 0 Å². The maximum absolute atomic E-state index is 8.61. The number of rotatable bonds is 0. The molecule has 0 saturated heterocycles. The van der Waals surface area contributed by atoms with Crippen LogP contribution in [0.5, 0.6) is 5.75 Å². The predicted molar refractivity (Wildman–Crippen MR) is 47.2 cm³/mol. The molecule has 0 aromatic heterocycles. The average Bonchev–Trinajstić information content (AvgIpc) is 1.87. The molecule has 0 aliphatic rings. The topological polar surface area (TPSA) is 20.2 Å². The van der Waals surface area contributed by atoms with Crippen molar-refractivity contribution in [3.8, 4) is 5.75 Å². The molecule has 0 spiro atoms. The number of benzene rings is 1. The minimum Gasteiger partial charge on any atom is -0.533 e. The van der Waals surface area contributed by atoms with Crippen LogP contribution in [-0.4, -0.2) is 5.11 Å². The third-order valence-corrected chi connectivity index (χ3v) is 0.701. The average molecular weight is 268 g/mol. The summed E-state index contributed by atoms with van der Waals surface area (Å²) in [6.07, 6.45) is 0. The summed E-state index contributed by atoms with van der Waals surface area (Å²) in [7, 11) is 0. The molecule has 0 heterocycles. The molecule has 1 rings (SSSR count). The Kier molecular flexibility index (Phi) is 17.4. The van der Waals surface area contributed by atoms with Crippen molar-refractivity contribution in [3.05, 3.63) is 36.2 Å². The van der Waals surface area contributed by atoms with Gasteiger partial charge in [0.15, 0.2) is 0 Å². The summed E-state index contributed by atoms with van der Waals surface area (Å²) >= 11 is 0. The van der Waals surface area contributed by atoms with Gasteiger partial charge in [0.1, 0.15) is 0 Å². The van der Waals surface area contributed by atoms with Crippen molar-refractivity contribution >= 4 is 0 Å². The van der Waals surface area contributed by atoms with Gasteiger partial charge in [-0.15, -0.1) is 12.1 Å². The van der Waals surface area contributed by atoms with E-state index in [2.05, 4.69) is 26.8 Å². The fraction of sp³-hybridized carbons (Fsp3) is 0.300. The molecule has 0 amide bonds. The monoisotopic (exact) mass is 268 g/mol. The number of aromatic hydroxyl groups is 1. The summed E-state index contributed by atoms with van der Waals surface area (Å²) in [5.74, 6) is 1.71. The fourth-order valence-corrected chi connectivity index (χ4v) is 0.378. The van der Waals surface area contributed by atoms with E-state index in [1.54, 1.807) is 24.3 Å². The summed E-state index contributed by atoms with van der Waals surface area (Å²) in [5.41, 5.74) is 0. The van der Waals surface area contributed by atoms with E-state index in [1.807, 2.05) is 0 Å². The first-order valence-corrected chi connectivity index (χ1v) is 3.54. The molecule has 1 nitrogen and oxygen atoms in total. The largest absolute Gasteiger partial charge is 0.533 e. The maximum Gasteiger partial charge on any atom is 0.00821 e. The molecule has 2 radical (unpaired) electrons. The van der Waals surface area contributed by atoms with E-state index in [1.165, 1.54) is 5.92 Å². The van der Waals surface area contributed by atoms with Gasteiger partial charge in [-0.05, 0) is 0 Å². The van der Waals surface area contributed by atoms with E-state index in [0.29, 0.717) is 5.75 Å². The zero-order chi connectivity index (χ0) is 8.69. The summed E-state index contributed by atoms with van der Waals surface area (Å²) < 4.78 is 0. The van der Waals surface area contributed by atoms with Crippen molar-refractivity contribution < 1.29 is 38.7 Å². The van der Waals surface area contributed by atoms with Crippen molar-refractivity contribution in [3.63, 3.8) is 0 Å². The second-order valence-corrected chi connectivity index (χ2v) is 2.76. The van der Waals surface area contributed by atoms with Crippen LogP contribution in [0.2, 0.25) is 0 Å². The van der Waals surface area contributed by atoms with Crippen LogP contribution in [0.25, 0.3) is 0 Å². The maximum atomic E-state index is 8.61. The van der Waals surface area contributed by atoms with Crippen LogP contribution in [0.15, 0.2) is 24.3 Å². The van der Waals surface area contributed by atoms with Gasteiger partial charge in [0, 0.05) is 39.3 Å². The smallest absolute Gasteiger partial charge is 0.00821 e. The van der Waals surface area contributed by atoms with E-state index in [4.69, 9.17) is 5.11 Å². The van der Waals surface area contributed by atoms with Gasteiger partial charge in [-0.25, -0.2) is 0 Å². The molecule has 1 aromatic rings. The molecule has 0 saturated carbocycles. The molecule has 0 fully saturated rings. The van der Waals surface area contributed by atoms with E-state index >= 15 is 0 Å². The van der Waals surface area contributed by atoms with Gasteiger partial charge < -0.3 is 11.0 Å². The molecular formula is C10H14Co2O-2. The summed E-state index contributed by atoms with van der Waals surface area (Å²) in [5, 5.41) is 8.61. The third kappa shape index (κ3) is 18.8. The van der Waals surface area contributed by atoms with Crippen molar-refractivity contribution in [1.82, 2.24) is 0 Å². The molecule has 0 atom stereocenters. The second kappa shape index (κ2) is 12.0. The Morgan fingerprint density at radius 1 is 1.08 bits per heavy atom. The molecule has 0 aliphatic carbocycles. The number of phenolic OH excluding ortho intramolecular Hbond substituents is 1. The van der Waals surface area contributed by atoms with Crippen LogP contribution in [0.4, 0.5) is 0 Å². The number of hydrogen-bond acceptors (Lipinski definition) is 1. The van der Waals surface area contributed by atoms with E-state index in [9.17, 15) is 0 Å². The predicted octanol–water partition coefficient (Wildman–Crippen LogP) is 2.81. The van der Waals surface area contributed by atoms with Crippen molar-refractivity contribution in [2.24, 2.45) is 0 Å². The minimum atomic E-state index is 0. The Morgan fingerprint density at radius 3 is 1.54 bits per heavy atom. The standard InChI is InChI=1S/C6H5O.C4H9.2Co/c7-6-4-2-1-3-5-6;1-4(2)3;;/h2-5,7H;1-3H3;;/q2*-1;;. The molecule has 0 unspecified atom stereocenters. The Hall–Kier alpha value is 0.0330. The second-order valence-electron chi connectivity index (χ2n) is 2.76. The normalized spacial score (nSPS) is 7.38. The quantitative estimate of drug-likeness (QED) is 0.717. The molecule has 13 heavy (non-hydrogen) atoms. The molecule has 3 heteroatoms. The summed E-state index contributed by atoms with van der Waals surface area (Å²) in [6, 6.07) is 9.26. The Labute approximate surface area is 101 Å². The Bertz CT molecular complexity index is 173. The van der Waals surface area contributed by atoms with Crippen LogP contribution in [0, 0.1) is 12.0 Å². The van der Waals surface area contributed by atoms with Crippen molar-refractivity contribution in [1.29, 1.82) is 0 Å². The van der Waals surface area contributed by atoms with Crippen LogP contribution in [0.3, 0.4) is 0 Å². The Balaban J connectivity index is -0.000000150. The fourth-order valence-electron chi connectivity index (χ4n) is 0.378. The van der Waals surface area contributed by atoms with Crippen LogP contribution >= 0.6 is 0 Å². The van der Waals surface area contributed by atoms with Gasteiger partial charge in [0.2, 0.25) is 0 Å². The van der Waals surface area contributed by atoms with Gasteiger partial charge in [0.25, 0.3) is 0 Å². The van der Waals surface area contributed by atoms with Gasteiger partial charge >= 0.3 is 0 Å². The zero-order valence-electron chi connectivity index (χ0n) is 7.92. The summed E-state index contributed by atoms with van der Waals surface area (Å²) in [6.45, 7) is 6.25. The zero-order valence-corrected chi connectivity index (χ0v) is 10.0. The van der Waals surface area contributed by atoms with Crippen molar-refractivity contribution in [2.45, 2.75) is 20.8 Å². The molecule has 1 aromatic carbocycles. The third-order valence-electron chi connectivity index (χ3n) is 0.701. The van der Waals surface area contributed by atoms with Gasteiger partial charge in [-0.3, -0.25) is 0 Å². The molecule has 0 bridgehead atoms. The van der Waals surface area contributed by atoms with Gasteiger partial charge in [0.05, 0.1) is 0 Å². The van der Waals surface area contributed by atoms with Gasteiger partial charge in [-0.2, -0.15) is 39.0 Å². The first kappa shape index (κ1) is 18.7. The van der Waals surface area contributed by atoms with E-state index in [0.717, 1.165) is 0 Å². The summed E-state index contributed by atoms with van der Waals surface area (Å²) in [4.78, 5) is 0. The number of phenols is 1. The van der Waals surface area contributed by atoms with Crippen LogP contribution in [0.1, 0.15) is 20.8 Å². The van der Waals surface area contributed by atoms with Crippen LogP contribution in [-0.2, 0) is 33.6 Å². The minimum absolute atomic E-state index is 0. The van der Waals surface area contributed by atoms with Crippen LogP contribution < -0.4 is 0 Å². The molecule has 0 aliphatic heterocycles. The molecule has 80 valence electrons. The molecular weight excluding hydrogens is 254 g/mol. The SMILES string of the molecule is C[C-](C)C.Oc1cc[c-]cc1.[Co].[Co]. The van der Waals surface area contributed by atoms with Gasteiger partial charge in [-0.1, -0.05) is 0 Å². The Morgan fingerprint density at radius 2 is 1.38 bits per heavy atom. The first-order chi connectivity index (χ1) is 5.13.